The van der Waals surface area contributed by atoms with Crippen molar-refractivity contribution < 1.29 is 8.78 Å². The maximum absolute atomic E-state index is 14.8. The monoisotopic (exact) mass is 446 g/mol. The van der Waals surface area contributed by atoms with Gasteiger partial charge in [-0.1, -0.05) is 85.3 Å². The molecule has 1 atom stereocenters. The first-order valence-corrected chi connectivity index (χ1v) is 11.2. The standard InChI is InChI=1S/C29H25ClF2/c1-20(23-5-3-2-4-6-23)17-27-28(31)18-25(19-29(27)32)24-13-9-21(10-14-24)7-8-22-11-15-26(30)16-12-22/h2-6,9-16,18-20H,7-8,17H2,1H3/t20-/m1/s1. The predicted molar refractivity (Wildman–Crippen MR) is 129 cm³/mol. The lowest BCUT2D eigenvalue weighted by Crippen LogP contribution is -2.04. The second kappa shape index (κ2) is 10.1. The van der Waals surface area contributed by atoms with Crippen LogP contribution in [0, 0.1) is 11.6 Å². The van der Waals surface area contributed by atoms with Crippen LogP contribution in [0.2, 0.25) is 5.02 Å². The number of aryl methyl sites for hydroxylation is 2. The molecule has 4 aromatic rings. The Bertz CT molecular complexity index is 1140. The van der Waals surface area contributed by atoms with Gasteiger partial charge in [-0.15, -0.1) is 0 Å². The molecular weight excluding hydrogens is 422 g/mol. The summed E-state index contributed by atoms with van der Waals surface area (Å²) in [6, 6.07) is 28.4. The first-order chi connectivity index (χ1) is 15.5. The third kappa shape index (κ3) is 5.44. The van der Waals surface area contributed by atoms with E-state index in [0.29, 0.717) is 12.0 Å². The van der Waals surface area contributed by atoms with Crippen LogP contribution in [0.4, 0.5) is 8.78 Å². The maximum atomic E-state index is 14.8. The highest BCUT2D eigenvalue weighted by atomic mass is 35.5. The van der Waals surface area contributed by atoms with Gasteiger partial charge in [-0.05, 0) is 77.3 Å². The quantitative estimate of drug-likeness (QED) is 0.267. The number of hydrogen-bond acceptors (Lipinski definition) is 0. The van der Waals surface area contributed by atoms with Crippen molar-refractivity contribution in [1.82, 2.24) is 0 Å². The summed E-state index contributed by atoms with van der Waals surface area (Å²) in [4.78, 5) is 0. The van der Waals surface area contributed by atoms with Crippen LogP contribution in [0.1, 0.15) is 35.1 Å². The lowest BCUT2D eigenvalue weighted by molar-refractivity contribution is 0.544. The van der Waals surface area contributed by atoms with Gasteiger partial charge in [0.05, 0.1) is 0 Å². The third-order valence-electron chi connectivity index (χ3n) is 5.92. The highest BCUT2D eigenvalue weighted by Crippen LogP contribution is 2.29. The van der Waals surface area contributed by atoms with E-state index in [9.17, 15) is 8.78 Å². The minimum atomic E-state index is -0.491. The van der Waals surface area contributed by atoms with Crippen molar-refractivity contribution in [1.29, 1.82) is 0 Å². The van der Waals surface area contributed by atoms with Crippen molar-refractivity contribution in [3.63, 3.8) is 0 Å². The van der Waals surface area contributed by atoms with Crippen molar-refractivity contribution >= 4 is 11.6 Å². The van der Waals surface area contributed by atoms with Gasteiger partial charge in [-0.2, -0.15) is 0 Å². The van der Waals surface area contributed by atoms with Gasteiger partial charge in [0.1, 0.15) is 11.6 Å². The van der Waals surface area contributed by atoms with Crippen LogP contribution in [-0.2, 0) is 19.3 Å². The van der Waals surface area contributed by atoms with Crippen molar-refractivity contribution in [3.8, 4) is 11.1 Å². The molecule has 0 amide bonds. The van der Waals surface area contributed by atoms with E-state index in [1.807, 2.05) is 85.8 Å². The number of benzene rings is 4. The van der Waals surface area contributed by atoms with E-state index in [4.69, 9.17) is 11.6 Å². The van der Waals surface area contributed by atoms with Crippen molar-refractivity contribution in [2.75, 3.05) is 0 Å². The van der Waals surface area contributed by atoms with Gasteiger partial charge < -0.3 is 0 Å². The van der Waals surface area contributed by atoms with Gasteiger partial charge in [0.25, 0.3) is 0 Å². The Morgan fingerprint density at radius 3 is 1.78 bits per heavy atom. The van der Waals surface area contributed by atoms with Crippen molar-refractivity contribution in [2.45, 2.75) is 32.1 Å². The van der Waals surface area contributed by atoms with Crippen LogP contribution in [0.5, 0.6) is 0 Å². The Kier molecular flexibility index (Phi) is 7.02. The second-order valence-corrected chi connectivity index (χ2v) is 8.69. The molecule has 0 fully saturated rings. The molecule has 162 valence electrons. The summed E-state index contributed by atoms with van der Waals surface area (Å²) in [7, 11) is 0. The Labute approximate surface area is 193 Å². The topological polar surface area (TPSA) is 0 Å². The van der Waals surface area contributed by atoms with E-state index < -0.39 is 11.6 Å². The molecule has 3 heteroatoms. The summed E-state index contributed by atoms with van der Waals surface area (Å²) >= 11 is 5.94. The Hall–Kier alpha value is -2.97. The molecule has 0 radical (unpaired) electrons. The van der Waals surface area contributed by atoms with Crippen LogP contribution in [-0.4, -0.2) is 0 Å². The zero-order valence-electron chi connectivity index (χ0n) is 18.0. The molecule has 0 heterocycles. The summed E-state index contributed by atoms with van der Waals surface area (Å²) in [5, 5.41) is 0.734. The summed E-state index contributed by atoms with van der Waals surface area (Å²) in [6.07, 6.45) is 2.13. The highest BCUT2D eigenvalue weighted by Gasteiger charge is 2.16. The van der Waals surface area contributed by atoms with Crippen LogP contribution in [0.25, 0.3) is 11.1 Å². The molecule has 0 aliphatic rings. The molecule has 0 spiro atoms. The van der Waals surface area contributed by atoms with Gasteiger partial charge in [0.15, 0.2) is 0 Å². The smallest absolute Gasteiger partial charge is 0.129 e. The van der Waals surface area contributed by atoms with Gasteiger partial charge in [-0.25, -0.2) is 8.78 Å². The summed E-state index contributed by atoms with van der Waals surface area (Å²) in [6.45, 7) is 1.99. The lowest BCUT2D eigenvalue weighted by Gasteiger charge is -2.14. The molecule has 0 saturated heterocycles. The molecule has 32 heavy (non-hydrogen) atoms. The van der Waals surface area contributed by atoms with E-state index in [-0.39, 0.29) is 11.5 Å². The molecule has 4 aromatic carbocycles. The molecule has 4 rings (SSSR count). The average Bonchev–Trinajstić information content (AvgIpc) is 2.81. The largest absolute Gasteiger partial charge is 0.207 e. The van der Waals surface area contributed by atoms with E-state index >= 15 is 0 Å². The third-order valence-corrected chi connectivity index (χ3v) is 6.17. The second-order valence-electron chi connectivity index (χ2n) is 8.26. The lowest BCUT2D eigenvalue weighted by atomic mass is 9.92. The first kappa shape index (κ1) is 22.2. The first-order valence-electron chi connectivity index (χ1n) is 10.9. The maximum Gasteiger partial charge on any atom is 0.129 e. The zero-order valence-corrected chi connectivity index (χ0v) is 18.7. The normalized spacial score (nSPS) is 12.0. The zero-order chi connectivity index (χ0) is 22.5. The molecule has 0 saturated carbocycles. The van der Waals surface area contributed by atoms with E-state index in [0.717, 1.165) is 29.0 Å². The Morgan fingerprint density at radius 2 is 1.22 bits per heavy atom. The average molecular weight is 447 g/mol. The van der Waals surface area contributed by atoms with E-state index in [1.54, 1.807) is 0 Å². The number of rotatable bonds is 7. The molecule has 0 aromatic heterocycles. The van der Waals surface area contributed by atoms with Crippen molar-refractivity contribution in [2.24, 2.45) is 0 Å². The Balaban J connectivity index is 1.46. The number of hydrogen-bond donors (Lipinski definition) is 0. The molecule has 0 N–H and O–H groups in total. The minimum absolute atomic E-state index is 0.0333. The van der Waals surface area contributed by atoms with E-state index in [1.165, 1.54) is 23.3 Å². The fourth-order valence-electron chi connectivity index (χ4n) is 3.97. The SMILES string of the molecule is C[C@H](Cc1c(F)cc(-c2ccc(CCc3ccc(Cl)cc3)cc2)cc1F)c1ccccc1. The van der Waals surface area contributed by atoms with E-state index in [2.05, 4.69) is 0 Å². The van der Waals surface area contributed by atoms with Gasteiger partial charge in [0, 0.05) is 10.6 Å². The highest BCUT2D eigenvalue weighted by molar-refractivity contribution is 6.30. The molecule has 0 aliphatic heterocycles. The molecular formula is C29H25ClF2. The van der Waals surface area contributed by atoms with Crippen LogP contribution in [0.15, 0.2) is 91.0 Å². The van der Waals surface area contributed by atoms with Crippen molar-refractivity contribution in [3.05, 3.63) is 130 Å². The minimum Gasteiger partial charge on any atom is -0.207 e. The summed E-state index contributed by atoms with van der Waals surface area (Å²) < 4.78 is 29.7. The fraction of sp³-hybridized carbons (Fsp3) is 0.172. The van der Waals surface area contributed by atoms with Gasteiger partial charge in [-0.3, -0.25) is 0 Å². The van der Waals surface area contributed by atoms with Crippen LogP contribution in [0.3, 0.4) is 0 Å². The fourth-order valence-corrected chi connectivity index (χ4v) is 4.10. The van der Waals surface area contributed by atoms with Gasteiger partial charge >= 0.3 is 0 Å². The summed E-state index contributed by atoms with van der Waals surface area (Å²) in [5.41, 5.74) is 4.98. The molecule has 0 aliphatic carbocycles. The molecule has 0 bridgehead atoms. The predicted octanol–water partition coefficient (Wildman–Crippen LogP) is 8.42. The molecule has 0 nitrogen and oxygen atoms in total. The van der Waals surface area contributed by atoms with Crippen LogP contribution < -0.4 is 0 Å². The van der Waals surface area contributed by atoms with Crippen LogP contribution >= 0.6 is 11.6 Å². The summed E-state index contributed by atoms with van der Waals surface area (Å²) in [5.74, 6) is -0.949. The Morgan fingerprint density at radius 1 is 0.688 bits per heavy atom. The molecule has 0 unspecified atom stereocenters. The number of halogens is 3. The van der Waals surface area contributed by atoms with Gasteiger partial charge in [0.2, 0.25) is 0 Å².